The van der Waals surface area contributed by atoms with Crippen LogP contribution in [0.25, 0.3) is 6.08 Å². The van der Waals surface area contributed by atoms with Gasteiger partial charge in [0.1, 0.15) is 17.3 Å². The second-order valence-electron chi connectivity index (χ2n) is 7.46. The highest BCUT2D eigenvalue weighted by molar-refractivity contribution is 7.07. The van der Waals surface area contributed by atoms with Gasteiger partial charge in [-0.25, -0.2) is 14.2 Å². The van der Waals surface area contributed by atoms with E-state index in [-0.39, 0.29) is 17.7 Å². The van der Waals surface area contributed by atoms with E-state index in [1.165, 1.54) is 35.1 Å². The average molecular weight is 483 g/mol. The number of hydrogen-bond donors (Lipinski definition) is 0. The van der Waals surface area contributed by atoms with Gasteiger partial charge in [-0.15, -0.1) is 0 Å². The molecule has 1 aliphatic heterocycles. The molecule has 0 bridgehead atoms. The number of nitrogens with zero attached hydrogens (tertiary/aromatic N) is 2. The van der Waals surface area contributed by atoms with E-state index in [1.807, 2.05) is 0 Å². The van der Waals surface area contributed by atoms with E-state index in [0.29, 0.717) is 37.7 Å². The number of methoxy groups -OCH3 is 2. The van der Waals surface area contributed by atoms with Gasteiger partial charge in [0.25, 0.3) is 5.56 Å². The molecule has 0 aliphatic carbocycles. The van der Waals surface area contributed by atoms with Crippen molar-refractivity contribution in [2.45, 2.75) is 19.9 Å². The predicted molar refractivity (Wildman–Crippen MR) is 126 cm³/mol. The van der Waals surface area contributed by atoms with Gasteiger partial charge in [-0.3, -0.25) is 9.36 Å². The van der Waals surface area contributed by atoms with Crippen LogP contribution >= 0.6 is 11.3 Å². The lowest BCUT2D eigenvalue weighted by Crippen LogP contribution is -2.39. The fourth-order valence-corrected chi connectivity index (χ4v) is 4.87. The van der Waals surface area contributed by atoms with E-state index < -0.39 is 17.8 Å². The Morgan fingerprint density at radius 3 is 2.56 bits per heavy atom. The molecule has 34 heavy (non-hydrogen) atoms. The van der Waals surface area contributed by atoms with E-state index >= 15 is 0 Å². The number of aromatic nitrogens is 1. The molecule has 0 radical (unpaired) electrons. The molecular formula is C25H23FN2O5S. The van der Waals surface area contributed by atoms with Crippen LogP contribution in [0, 0.1) is 5.82 Å². The number of thiazole rings is 1. The molecule has 176 valence electrons. The zero-order valence-corrected chi connectivity index (χ0v) is 19.9. The van der Waals surface area contributed by atoms with E-state index in [2.05, 4.69) is 4.99 Å². The predicted octanol–water partition coefficient (Wildman–Crippen LogP) is 2.95. The fourth-order valence-electron chi connectivity index (χ4n) is 3.83. The van der Waals surface area contributed by atoms with Gasteiger partial charge in [0.05, 0.1) is 42.7 Å². The van der Waals surface area contributed by atoms with Crippen molar-refractivity contribution in [1.82, 2.24) is 4.57 Å². The van der Waals surface area contributed by atoms with Crippen molar-refractivity contribution < 1.29 is 23.4 Å². The Morgan fingerprint density at radius 2 is 1.91 bits per heavy atom. The topological polar surface area (TPSA) is 79.1 Å². The Kier molecular flexibility index (Phi) is 6.65. The van der Waals surface area contributed by atoms with E-state index in [4.69, 9.17) is 14.2 Å². The summed E-state index contributed by atoms with van der Waals surface area (Å²) < 4.78 is 31.5. The first-order valence-electron chi connectivity index (χ1n) is 10.5. The number of esters is 1. The zero-order chi connectivity index (χ0) is 24.4. The largest absolute Gasteiger partial charge is 0.497 e. The summed E-state index contributed by atoms with van der Waals surface area (Å²) in [5.41, 5.74) is 1.63. The van der Waals surface area contributed by atoms with Gasteiger partial charge in [-0.1, -0.05) is 23.5 Å². The summed E-state index contributed by atoms with van der Waals surface area (Å²) in [5, 5.41) is 0. The summed E-state index contributed by atoms with van der Waals surface area (Å²) in [5.74, 6) is 0.190. The van der Waals surface area contributed by atoms with Gasteiger partial charge >= 0.3 is 5.97 Å². The molecule has 0 fully saturated rings. The minimum atomic E-state index is -0.796. The summed E-state index contributed by atoms with van der Waals surface area (Å²) in [6.45, 7) is 3.58. The van der Waals surface area contributed by atoms with Crippen LogP contribution in [-0.2, 0) is 9.53 Å². The van der Waals surface area contributed by atoms with Crippen molar-refractivity contribution >= 4 is 23.4 Å². The molecule has 1 atom stereocenters. The highest BCUT2D eigenvalue weighted by atomic mass is 32.1. The molecule has 7 nitrogen and oxygen atoms in total. The van der Waals surface area contributed by atoms with Crippen molar-refractivity contribution in [3.05, 3.63) is 90.4 Å². The van der Waals surface area contributed by atoms with Gasteiger partial charge < -0.3 is 14.2 Å². The summed E-state index contributed by atoms with van der Waals surface area (Å²) in [6.07, 6.45) is 1.72. The van der Waals surface area contributed by atoms with Crippen LogP contribution in [0.3, 0.4) is 0 Å². The highest BCUT2D eigenvalue weighted by Crippen LogP contribution is 2.31. The number of carbonyl (C=O) groups excluding carboxylic acids is 1. The van der Waals surface area contributed by atoms with Crippen LogP contribution in [0.2, 0.25) is 0 Å². The first-order chi connectivity index (χ1) is 16.4. The Bertz CT molecular complexity index is 1450. The van der Waals surface area contributed by atoms with E-state index in [0.717, 1.165) is 0 Å². The Morgan fingerprint density at radius 1 is 1.18 bits per heavy atom. The average Bonchev–Trinajstić information content (AvgIpc) is 3.13. The summed E-state index contributed by atoms with van der Waals surface area (Å²) >= 11 is 1.20. The number of halogens is 1. The summed E-state index contributed by atoms with van der Waals surface area (Å²) in [7, 11) is 3.10. The van der Waals surface area contributed by atoms with Gasteiger partial charge in [-0.2, -0.15) is 0 Å². The number of ether oxygens (including phenoxy) is 3. The van der Waals surface area contributed by atoms with Gasteiger partial charge in [-0.05, 0) is 49.8 Å². The maximum absolute atomic E-state index is 13.6. The number of benzene rings is 2. The fraction of sp³-hybridized carbons (Fsp3) is 0.240. The molecule has 0 unspecified atom stereocenters. The lowest BCUT2D eigenvalue weighted by atomic mass is 9.96. The zero-order valence-electron chi connectivity index (χ0n) is 19.1. The lowest BCUT2D eigenvalue weighted by Gasteiger charge is -2.24. The molecule has 2 aromatic carbocycles. The SMILES string of the molecule is CCOC(=O)C1=C(C)N=c2s/c(=C/c3ccc(OC)cc3OC)c(=O)n2[C@H]1c1ccc(F)cc1. The maximum Gasteiger partial charge on any atom is 0.338 e. The molecule has 0 spiro atoms. The first-order valence-corrected chi connectivity index (χ1v) is 11.4. The molecular weight excluding hydrogens is 459 g/mol. The smallest absolute Gasteiger partial charge is 0.338 e. The number of allylic oxidation sites excluding steroid dienone is 1. The molecule has 0 saturated heterocycles. The highest BCUT2D eigenvalue weighted by Gasteiger charge is 2.33. The lowest BCUT2D eigenvalue weighted by molar-refractivity contribution is -0.139. The number of hydrogen-bond acceptors (Lipinski definition) is 7. The third-order valence-electron chi connectivity index (χ3n) is 5.43. The summed E-state index contributed by atoms with van der Waals surface area (Å²) in [6, 6.07) is 10.2. The van der Waals surface area contributed by atoms with Crippen molar-refractivity contribution in [2.24, 2.45) is 4.99 Å². The first kappa shape index (κ1) is 23.4. The van der Waals surface area contributed by atoms with Gasteiger partial charge in [0.15, 0.2) is 4.80 Å². The Hall–Kier alpha value is -3.72. The molecule has 0 saturated carbocycles. The van der Waals surface area contributed by atoms with E-state index in [1.54, 1.807) is 57.4 Å². The van der Waals surface area contributed by atoms with E-state index in [9.17, 15) is 14.0 Å². The third kappa shape index (κ3) is 4.26. The maximum atomic E-state index is 13.6. The third-order valence-corrected chi connectivity index (χ3v) is 6.41. The molecule has 4 rings (SSSR count). The van der Waals surface area contributed by atoms with Crippen LogP contribution in [0.1, 0.15) is 31.0 Å². The van der Waals surface area contributed by atoms with Crippen molar-refractivity contribution in [1.29, 1.82) is 0 Å². The van der Waals surface area contributed by atoms with Gasteiger partial charge in [0.2, 0.25) is 0 Å². The molecule has 3 aromatic rings. The number of carbonyl (C=O) groups is 1. The van der Waals surface area contributed by atoms with Crippen LogP contribution in [-0.4, -0.2) is 31.4 Å². The van der Waals surface area contributed by atoms with Crippen molar-refractivity contribution in [3.63, 3.8) is 0 Å². The second-order valence-corrected chi connectivity index (χ2v) is 8.47. The standard InChI is InChI=1S/C25H23FN2O5S/c1-5-33-24(30)21-14(2)27-25-28(22(21)15-6-9-17(26)10-7-15)23(29)20(34-25)12-16-8-11-18(31-3)13-19(16)32-4/h6-13,22H,5H2,1-4H3/b20-12+/t22-/m0/s1. The van der Waals surface area contributed by atoms with Gasteiger partial charge in [0, 0.05) is 11.6 Å². The minimum Gasteiger partial charge on any atom is -0.497 e. The van der Waals surface area contributed by atoms with Crippen LogP contribution in [0.4, 0.5) is 4.39 Å². The van der Waals surface area contributed by atoms with Crippen LogP contribution < -0.4 is 24.4 Å². The molecule has 2 heterocycles. The Balaban J connectivity index is 1.94. The minimum absolute atomic E-state index is 0.174. The Labute approximate surface area is 199 Å². The van der Waals surface area contributed by atoms with Crippen molar-refractivity contribution in [3.8, 4) is 11.5 Å². The molecule has 9 heteroatoms. The monoisotopic (exact) mass is 482 g/mol. The molecule has 0 N–H and O–H groups in total. The molecule has 1 aromatic heterocycles. The number of rotatable bonds is 6. The van der Waals surface area contributed by atoms with Crippen molar-refractivity contribution in [2.75, 3.05) is 20.8 Å². The second kappa shape index (κ2) is 9.64. The summed E-state index contributed by atoms with van der Waals surface area (Å²) in [4.78, 5) is 31.4. The normalized spacial score (nSPS) is 15.6. The van der Waals surface area contributed by atoms with Crippen LogP contribution in [0.5, 0.6) is 11.5 Å². The number of fused-ring (bicyclic) bond motifs is 1. The molecule has 0 amide bonds. The quantitative estimate of drug-likeness (QED) is 0.505. The van der Waals surface area contributed by atoms with Crippen LogP contribution in [0.15, 0.2) is 63.5 Å². The molecule has 1 aliphatic rings.